The van der Waals surface area contributed by atoms with Crippen LogP contribution in [0.25, 0.3) is 0 Å². The Morgan fingerprint density at radius 2 is 1.89 bits per heavy atom. The summed E-state index contributed by atoms with van der Waals surface area (Å²) in [7, 11) is 0. The molecule has 19 heavy (non-hydrogen) atoms. The lowest BCUT2D eigenvalue weighted by Gasteiger charge is -2.17. The lowest BCUT2D eigenvalue weighted by molar-refractivity contribution is 0.249. The van der Waals surface area contributed by atoms with E-state index in [-0.39, 0.29) is 5.84 Å². The van der Waals surface area contributed by atoms with Crippen LogP contribution in [0.4, 0.5) is 0 Å². The zero-order chi connectivity index (χ0) is 14.1. The molecule has 0 fully saturated rings. The Bertz CT molecular complexity index is 386. The van der Waals surface area contributed by atoms with Crippen LogP contribution in [0.3, 0.4) is 0 Å². The van der Waals surface area contributed by atoms with Crippen LogP contribution >= 0.6 is 0 Å². The van der Waals surface area contributed by atoms with E-state index in [0.717, 1.165) is 31.8 Å². The van der Waals surface area contributed by atoms with E-state index in [1.807, 2.05) is 12.1 Å². The van der Waals surface area contributed by atoms with Gasteiger partial charge in [0.2, 0.25) is 0 Å². The number of amidine groups is 1. The number of hydrogen-bond acceptors (Lipinski definition) is 4. The number of oxime groups is 1. The van der Waals surface area contributed by atoms with Gasteiger partial charge in [0.25, 0.3) is 0 Å². The Hall–Kier alpha value is -1.75. The molecule has 0 amide bonds. The minimum Gasteiger partial charge on any atom is -0.494 e. The Kier molecular flexibility index (Phi) is 6.74. The maximum absolute atomic E-state index is 8.56. The minimum atomic E-state index is 0.105. The molecule has 0 aromatic heterocycles. The summed E-state index contributed by atoms with van der Waals surface area (Å²) in [5, 5.41) is 11.5. The molecule has 1 aromatic carbocycles. The van der Waals surface area contributed by atoms with E-state index in [1.165, 1.54) is 0 Å². The Labute approximate surface area is 114 Å². The summed E-state index contributed by atoms with van der Waals surface area (Å²) < 4.78 is 5.64. The van der Waals surface area contributed by atoms with Crippen LogP contribution in [0.5, 0.6) is 5.75 Å². The van der Waals surface area contributed by atoms with Gasteiger partial charge in [0.1, 0.15) is 5.75 Å². The Morgan fingerprint density at radius 3 is 2.42 bits per heavy atom. The fraction of sp³-hybridized carbons (Fsp3) is 0.500. The van der Waals surface area contributed by atoms with Crippen LogP contribution in [-0.4, -0.2) is 42.2 Å². The fourth-order valence-corrected chi connectivity index (χ4v) is 1.80. The lowest BCUT2D eigenvalue weighted by atomic mass is 10.2. The first-order chi connectivity index (χ1) is 9.21. The van der Waals surface area contributed by atoms with Crippen molar-refractivity contribution < 1.29 is 9.94 Å². The summed E-state index contributed by atoms with van der Waals surface area (Å²) >= 11 is 0. The molecule has 0 unspecified atom stereocenters. The third-order valence-electron chi connectivity index (χ3n) is 3.04. The smallest absolute Gasteiger partial charge is 0.170 e. The lowest BCUT2D eigenvalue weighted by Crippen LogP contribution is -2.25. The number of ether oxygens (including phenoxy) is 1. The molecule has 106 valence electrons. The second kappa shape index (κ2) is 8.37. The van der Waals surface area contributed by atoms with Gasteiger partial charge in [-0.1, -0.05) is 19.0 Å². The van der Waals surface area contributed by atoms with Crippen molar-refractivity contribution in [1.29, 1.82) is 0 Å². The van der Waals surface area contributed by atoms with E-state index in [1.54, 1.807) is 12.1 Å². The molecule has 1 aromatic rings. The highest BCUT2D eigenvalue weighted by Crippen LogP contribution is 2.12. The molecule has 0 radical (unpaired) electrons. The number of rotatable bonds is 8. The van der Waals surface area contributed by atoms with Gasteiger partial charge in [-0.05, 0) is 43.8 Å². The third-order valence-corrected chi connectivity index (χ3v) is 3.04. The van der Waals surface area contributed by atoms with Gasteiger partial charge in [-0.15, -0.1) is 0 Å². The third kappa shape index (κ3) is 5.18. The van der Waals surface area contributed by atoms with Crippen LogP contribution in [0, 0.1) is 0 Å². The van der Waals surface area contributed by atoms with Gasteiger partial charge in [-0.2, -0.15) is 0 Å². The van der Waals surface area contributed by atoms with Gasteiger partial charge in [0.05, 0.1) is 6.61 Å². The van der Waals surface area contributed by atoms with Crippen molar-refractivity contribution >= 4 is 5.84 Å². The highest BCUT2D eigenvalue weighted by Gasteiger charge is 2.01. The van der Waals surface area contributed by atoms with Crippen molar-refractivity contribution in [2.24, 2.45) is 10.9 Å². The summed E-state index contributed by atoms with van der Waals surface area (Å²) in [5.41, 5.74) is 6.16. The molecule has 0 aliphatic rings. The summed E-state index contributed by atoms with van der Waals surface area (Å²) in [6.07, 6.45) is 1.00. The molecule has 5 heteroatoms. The molecule has 0 saturated heterocycles. The molecule has 0 aliphatic carbocycles. The molecule has 0 heterocycles. The van der Waals surface area contributed by atoms with Gasteiger partial charge in [-0.3, -0.25) is 0 Å². The molecule has 0 bridgehead atoms. The molecule has 5 nitrogen and oxygen atoms in total. The zero-order valence-electron chi connectivity index (χ0n) is 11.7. The molecule has 0 aliphatic heterocycles. The molecular weight excluding hydrogens is 242 g/mol. The fourth-order valence-electron chi connectivity index (χ4n) is 1.80. The summed E-state index contributed by atoms with van der Waals surface area (Å²) in [6.45, 7) is 8.22. The first-order valence-electron chi connectivity index (χ1n) is 6.64. The van der Waals surface area contributed by atoms with Gasteiger partial charge < -0.3 is 20.6 Å². The summed E-state index contributed by atoms with van der Waals surface area (Å²) in [6, 6.07) is 7.19. The second-order valence-electron chi connectivity index (χ2n) is 4.24. The Morgan fingerprint density at radius 1 is 1.26 bits per heavy atom. The molecule has 0 saturated carbocycles. The maximum atomic E-state index is 8.56. The molecule has 0 atom stereocenters. The van der Waals surface area contributed by atoms with Crippen LogP contribution < -0.4 is 10.5 Å². The number of benzene rings is 1. The molecular formula is C14H23N3O2. The normalized spacial score (nSPS) is 11.8. The monoisotopic (exact) mass is 265 g/mol. The number of nitrogens with zero attached hydrogens (tertiary/aromatic N) is 2. The second-order valence-corrected chi connectivity index (χ2v) is 4.24. The van der Waals surface area contributed by atoms with Crippen LogP contribution in [-0.2, 0) is 0 Å². The number of hydrogen-bond donors (Lipinski definition) is 2. The summed E-state index contributed by atoms with van der Waals surface area (Å²) in [5.74, 6) is 0.905. The van der Waals surface area contributed by atoms with Gasteiger partial charge in [-0.25, -0.2) is 0 Å². The van der Waals surface area contributed by atoms with Gasteiger partial charge in [0, 0.05) is 12.1 Å². The average molecular weight is 265 g/mol. The van der Waals surface area contributed by atoms with Gasteiger partial charge in [0.15, 0.2) is 5.84 Å². The predicted octanol–water partition coefficient (Wildman–Crippen LogP) is 1.89. The quantitative estimate of drug-likeness (QED) is 0.247. The van der Waals surface area contributed by atoms with Crippen molar-refractivity contribution in [2.45, 2.75) is 20.3 Å². The van der Waals surface area contributed by atoms with Gasteiger partial charge >= 0.3 is 0 Å². The Balaban J connectivity index is 2.34. The van der Waals surface area contributed by atoms with Crippen LogP contribution in [0.2, 0.25) is 0 Å². The topological polar surface area (TPSA) is 71.1 Å². The van der Waals surface area contributed by atoms with E-state index >= 15 is 0 Å². The van der Waals surface area contributed by atoms with Crippen LogP contribution in [0.15, 0.2) is 29.4 Å². The molecule has 0 spiro atoms. The SMILES string of the molecule is CCN(CC)CCCOc1ccc(C(N)=NO)cc1. The molecule has 1 rings (SSSR count). The predicted molar refractivity (Wildman–Crippen MR) is 76.9 cm³/mol. The van der Waals surface area contributed by atoms with Crippen molar-refractivity contribution in [3.8, 4) is 5.75 Å². The highest BCUT2D eigenvalue weighted by atomic mass is 16.5. The average Bonchev–Trinajstić information content (AvgIpc) is 2.47. The molecule has 3 N–H and O–H groups in total. The first-order valence-corrected chi connectivity index (χ1v) is 6.64. The van der Waals surface area contributed by atoms with Crippen molar-refractivity contribution in [3.63, 3.8) is 0 Å². The van der Waals surface area contributed by atoms with Crippen molar-refractivity contribution in [1.82, 2.24) is 4.90 Å². The zero-order valence-corrected chi connectivity index (χ0v) is 11.7. The van der Waals surface area contributed by atoms with Crippen LogP contribution in [0.1, 0.15) is 25.8 Å². The maximum Gasteiger partial charge on any atom is 0.170 e. The minimum absolute atomic E-state index is 0.105. The number of nitrogens with two attached hydrogens (primary N) is 1. The van der Waals surface area contributed by atoms with E-state index < -0.39 is 0 Å². The van der Waals surface area contributed by atoms with E-state index in [4.69, 9.17) is 15.7 Å². The van der Waals surface area contributed by atoms with Crippen molar-refractivity contribution in [2.75, 3.05) is 26.2 Å². The first kappa shape index (κ1) is 15.3. The van der Waals surface area contributed by atoms with E-state index in [2.05, 4.69) is 23.9 Å². The standard InChI is InChI=1S/C14H23N3O2/c1-3-17(4-2)10-5-11-19-13-8-6-12(7-9-13)14(15)16-18/h6-9,18H,3-5,10-11H2,1-2H3,(H2,15,16). The van der Waals surface area contributed by atoms with Crippen molar-refractivity contribution in [3.05, 3.63) is 29.8 Å². The van der Waals surface area contributed by atoms with E-state index in [9.17, 15) is 0 Å². The largest absolute Gasteiger partial charge is 0.494 e. The highest BCUT2D eigenvalue weighted by molar-refractivity contribution is 5.97. The summed E-state index contributed by atoms with van der Waals surface area (Å²) in [4.78, 5) is 2.37. The van der Waals surface area contributed by atoms with E-state index in [0.29, 0.717) is 12.2 Å².